The van der Waals surface area contributed by atoms with Gasteiger partial charge in [0.05, 0.1) is 12.5 Å². The van der Waals surface area contributed by atoms with Crippen molar-refractivity contribution in [3.63, 3.8) is 0 Å². The number of pyridine rings is 2. The standard InChI is InChI=1S/C11H8BrN3O/c12-9-4-2-8-3-5-10(16)15(7-1-6-13)11(8)14-9/h2-5H,1,7H2. The molecule has 0 aliphatic rings. The third-order valence-corrected chi connectivity index (χ3v) is 2.69. The summed E-state index contributed by atoms with van der Waals surface area (Å²) in [5, 5.41) is 9.44. The lowest BCUT2D eigenvalue weighted by molar-refractivity contribution is 0.705. The van der Waals surface area contributed by atoms with Crippen molar-refractivity contribution in [2.75, 3.05) is 0 Å². The topological polar surface area (TPSA) is 58.7 Å². The molecular weight excluding hydrogens is 270 g/mol. The van der Waals surface area contributed by atoms with Crippen molar-refractivity contribution in [2.24, 2.45) is 0 Å². The zero-order valence-corrected chi connectivity index (χ0v) is 9.94. The van der Waals surface area contributed by atoms with Crippen LogP contribution in [-0.4, -0.2) is 9.55 Å². The number of fused-ring (bicyclic) bond motifs is 1. The molecule has 2 aromatic heterocycles. The molecule has 0 N–H and O–H groups in total. The second-order valence-corrected chi connectivity index (χ2v) is 4.09. The van der Waals surface area contributed by atoms with Gasteiger partial charge in [0.1, 0.15) is 10.3 Å². The molecule has 0 atom stereocenters. The van der Waals surface area contributed by atoms with Crippen LogP contribution in [0, 0.1) is 11.3 Å². The molecule has 0 bridgehead atoms. The molecule has 80 valence electrons. The molecule has 0 fully saturated rings. The van der Waals surface area contributed by atoms with Crippen molar-refractivity contribution in [2.45, 2.75) is 13.0 Å². The lowest BCUT2D eigenvalue weighted by Gasteiger charge is -2.06. The summed E-state index contributed by atoms with van der Waals surface area (Å²) in [5.41, 5.74) is 0.477. The number of hydrogen-bond donors (Lipinski definition) is 0. The van der Waals surface area contributed by atoms with Crippen molar-refractivity contribution in [1.29, 1.82) is 5.26 Å². The van der Waals surface area contributed by atoms with E-state index >= 15 is 0 Å². The van der Waals surface area contributed by atoms with Crippen LogP contribution >= 0.6 is 15.9 Å². The first-order chi connectivity index (χ1) is 7.72. The van der Waals surface area contributed by atoms with Gasteiger partial charge in [0.25, 0.3) is 5.56 Å². The highest BCUT2D eigenvalue weighted by Crippen LogP contribution is 2.14. The van der Waals surface area contributed by atoms with Gasteiger partial charge in [-0.3, -0.25) is 9.36 Å². The largest absolute Gasteiger partial charge is 0.292 e. The monoisotopic (exact) mass is 277 g/mol. The van der Waals surface area contributed by atoms with E-state index in [9.17, 15) is 4.79 Å². The van der Waals surface area contributed by atoms with Crippen molar-refractivity contribution >= 4 is 27.0 Å². The summed E-state index contributed by atoms with van der Waals surface area (Å²) in [6.07, 6.45) is 0.299. The minimum absolute atomic E-state index is 0.131. The Kier molecular flexibility index (Phi) is 3.02. The molecular formula is C11H8BrN3O. The van der Waals surface area contributed by atoms with E-state index < -0.39 is 0 Å². The van der Waals surface area contributed by atoms with Gasteiger partial charge >= 0.3 is 0 Å². The predicted octanol–water partition coefficient (Wildman–Crippen LogP) is 2.07. The van der Waals surface area contributed by atoms with Crippen molar-refractivity contribution in [3.8, 4) is 6.07 Å². The molecule has 5 heteroatoms. The Balaban J connectivity index is 2.68. The fraction of sp³-hybridized carbons (Fsp3) is 0.182. The van der Waals surface area contributed by atoms with Crippen LogP contribution in [0.5, 0.6) is 0 Å². The molecule has 0 aliphatic carbocycles. The van der Waals surface area contributed by atoms with Gasteiger partial charge in [-0.1, -0.05) is 0 Å². The van der Waals surface area contributed by atoms with Crippen LogP contribution in [0.3, 0.4) is 0 Å². The van der Waals surface area contributed by atoms with Crippen LogP contribution in [0.25, 0.3) is 11.0 Å². The van der Waals surface area contributed by atoms with E-state index in [1.165, 1.54) is 10.6 Å². The van der Waals surface area contributed by atoms with E-state index in [1.807, 2.05) is 18.2 Å². The van der Waals surface area contributed by atoms with Crippen LogP contribution in [0.15, 0.2) is 33.7 Å². The summed E-state index contributed by atoms with van der Waals surface area (Å²) in [6, 6.07) is 8.96. The zero-order valence-electron chi connectivity index (χ0n) is 8.35. The Morgan fingerprint density at radius 1 is 1.38 bits per heavy atom. The second-order valence-electron chi connectivity index (χ2n) is 3.28. The smallest absolute Gasteiger partial charge is 0.252 e. The van der Waals surface area contributed by atoms with E-state index in [0.717, 1.165) is 5.39 Å². The van der Waals surface area contributed by atoms with Gasteiger partial charge in [-0.25, -0.2) is 4.98 Å². The third kappa shape index (κ3) is 1.97. The SMILES string of the molecule is N#CCCn1c(=O)ccc2ccc(Br)nc21. The molecule has 0 saturated heterocycles. The first kappa shape index (κ1) is 10.8. The molecule has 0 unspecified atom stereocenters. The fourth-order valence-corrected chi connectivity index (χ4v) is 1.82. The number of halogens is 1. The molecule has 0 aliphatic heterocycles. The molecule has 2 rings (SSSR count). The molecule has 0 radical (unpaired) electrons. The Morgan fingerprint density at radius 3 is 2.88 bits per heavy atom. The maximum Gasteiger partial charge on any atom is 0.252 e. The van der Waals surface area contributed by atoms with Crippen molar-refractivity contribution in [1.82, 2.24) is 9.55 Å². The first-order valence-electron chi connectivity index (χ1n) is 4.75. The van der Waals surface area contributed by atoms with Crippen molar-refractivity contribution < 1.29 is 0 Å². The lowest BCUT2D eigenvalue weighted by atomic mass is 10.3. The lowest BCUT2D eigenvalue weighted by Crippen LogP contribution is -2.20. The molecule has 0 aromatic carbocycles. The second kappa shape index (κ2) is 4.45. The molecule has 4 nitrogen and oxygen atoms in total. The average molecular weight is 278 g/mol. The summed E-state index contributed by atoms with van der Waals surface area (Å²) in [5.74, 6) is 0. The normalized spacial score (nSPS) is 10.2. The predicted molar refractivity (Wildman–Crippen MR) is 63.9 cm³/mol. The minimum Gasteiger partial charge on any atom is -0.292 e. The van der Waals surface area contributed by atoms with Crippen LogP contribution in [0.4, 0.5) is 0 Å². The summed E-state index contributed by atoms with van der Waals surface area (Å²) >= 11 is 3.27. The fourth-order valence-electron chi connectivity index (χ4n) is 1.52. The summed E-state index contributed by atoms with van der Waals surface area (Å²) in [7, 11) is 0. The van der Waals surface area contributed by atoms with Crippen LogP contribution < -0.4 is 5.56 Å². The van der Waals surface area contributed by atoms with Gasteiger partial charge in [-0.05, 0) is 34.1 Å². The van der Waals surface area contributed by atoms with Crippen LogP contribution in [-0.2, 0) is 6.54 Å². The van der Waals surface area contributed by atoms with Gasteiger partial charge in [-0.2, -0.15) is 5.26 Å². The maximum atomic E-state index is 11.6. The maximum absolute atomic E-state index is 11.6. The number of hydrogen-bond acceptors (Lipinski definition) is 3. The van der Waals surface area contributed by atoms with Gasteiger partial charge in [0.15, 0.2) is 0 Å². The number of aromatic nitrogens is 2. The number of rotatable bonds is 2. The van der Waals surface area contributed by atoms with E-state index in [4.69, 9.17) is 5.26 Å². The average Bonchev–Trinajstić information content (AvgIpc) is 2.28. The highest BCUT2D eigenvalue weighted by molar-refractivity contribution is 9.10. The molecule has 2 aromatic rings. The number of aryl methyl sites for hydroxylation is 1. The molecule has 16 heavy (non-hydrogen) atoms. The first-order valence-corrected chi connectivity index (χ1v) is 5.55. The van der Waals surface area contributed by atoms with Crippen molar-refractivity contribution in [3.05, 3.63) is 39.2 Å². The van der Waals surface area contributed by atoms with Gasteiger partial charge < -0.3 is 0 Å². The van der Waals surface area contributed by atoms with E-state index in [1.54, 1.807) is 6.07 Å². The van der Waals surface area contributed by atoms with Gasteiger partial charge in [-0.15, -0.1) is 0 Å². The van der Waals surface area contributed by atoms with E-state index in [2.05, 4.69) is 20.9 Å². The highest BCUT2D eigenvalue weighted by atomic mass is 79.9. The van der Waals surface area contributed by atoms with E-state index in [0.29, 0.717) is 23.2 Å². The summed E-state index contributed by atoms with van der Waals surface area (Å²) in [6.45, 7) is 0.371. The summed E-state index contributed by atoms with van der Waals surface area (Å²) in [4.78, 5) is 15.9. The quantitative estimate of drug-likeness (QED) is 0.790. The van der Waals surface area contributed by atoms with Gasteiger partial charge in [0.2, 0.25) is 0 Å². The highest BCUT2D eigenvalue weighted by Gasteiger charge is 2.04. The Bertz CT molecular complexity index is 627. The minimum atomic E-state index is -0.131. The number of nitrogens with zero attached hydrogens (tertiary/aromatic N) is 3. The Labute approximate surface area is 100 Å². The molecule has 2 heterocycles. The third-order valence-electron chi connectivity index (χ3n) is 2.25. The van der Waals surface area contributed by atoms with E-state index in [-0.39, 0.29) is 5.56 Å². The molecule has 0 saturated carbocycles. The van der Waals surface area contributed by atoms with Crippen LogP contribution in [0.2, 0.25) is 0 Å². The number of nitriles is 1. The van der Waals surface area contributed by atoms with Crippen LogP contribution in [0.1, 0.15) is 6.42 Å². The molecule has 0 amide bonds. The molecule has 0 spiro atoms. The van der Waals surface area contributed by atoms with Gasteiger partial charge in [0, 0.05) is 18.0 Å². The Morgan fingerprint density at radius 2 is 2.12 bits per heavy atom. The zero-order chi connectivity index (χ0) is 11.5. The Hall–Kier alpha value is -1.67. The summed E-state index contributed by atoms with van der Waals surface area (Å²) < 4.78 is 2.19.